The van der Waals surface area contributed by atoms with Crippen molar-refractivity contribution in [2.24, 2.45) is 0 Å². The van der Waals surface area contributed by atoms with Gasteiger partial charge < -0.3 is 10.4 Å². The zero-order valence-electron chi connectivity index (χ0n) is 12.3. The standard InChI is InChI=1S/C16H24N2O2/c1-3-18(14-7-8-14)11-16(20)17-10-15(19)13-6-4-5-12(2)9-13/h4-6,9,14-15,19H,3,7-8,10-11H2,1-2H3,(H,17,20). The molecule has 20 heavy (non-hydrogen) atoms. The Kier molecular flexibility index (Phi) is 5.15. The Morgan fingerprint density at radius 3 is 2.85 bits per heavy atom. The van der Waals surface area contributed by atoms with Crippen LogP contribution in [0, 0.1) is 6.92 Å². The number of aryl methyl sites for hydroxylation is 1. The van der Waals surface area contributed by atoms with E-state index in [2.05, 4.69) is 17.1 Å². The van der Waals surface area contributed by atoms with E-state index >= 15 is 0 Å². The molecule has 1 aliphatic carbocycles. The van der Waals surface area contributed by atoms with Gasteiger partial charge in [0.25, 0.3) is 0 Å². The zero-order valence-corrected chi connectivity index (χ0v) is 12.3. The molecule has 1 atom stereocenters. The lowest BCUT2D eigenvalue weighted by Gasteiger charge is -2.20. The lowest BCUT2D eigenvalue weighted by atomic mass is 10.1. The van der Waals surface area contributed by atoms with E-state index in [1.165, 1.54) is 12.8 Å². The number of aliphatic hydroxyl groups is 1. The van der Waals surface area contributed by atoms with E-state index in [9.17, 15) is 9.90 Å². The number of benzene rings is 1. The second-order valence-corrected chi connectivity index (χ2v) is 5.53. The quantitative estimate of drug-likeness (QED) is 0.796. The van der Waals surface area contributed by atoms with E-state index in [-0.39, 0.29) is 12.5 Å². The third-order valence-corrected chi connectivity index (χ3v) is 3.74. The molecule has 2 N–H and O–H groups in total. The number of likely N-dealkylation sites (N-methyl/N-ethyl adjacent to an activating group) is 1. The first-order chi connectivity index (χ1) is 9.60. The molecule has 1 amide bonds. The number of hydrogen-bond donors (Lipinski definition) is 2. The first-order valence-corrected chi connectivity index (χ1v) is 7.35. The van der Waals surface area contributed by atoms with Crippen LogP contribution in [0.1, 0.15) is 37.0 Å². The van der Waals surface area contributed by atoms with Crippen LogP contribution in [0.3, 0.4) is 0 Å². The molecule has 0 bridgehead atoms. The predicted octanol–water partition coefficient (Wildman–Crippen LogP) is 1.63. The summed E-state index contributed by atoms with van der Waals surface area (Å²) in [5, 5.41) is 12.9. The van der Waals surface area contributed by atoms with Crippen LogP contribution in [0.2, 0.25) is 0 Å². The highest BCUT2D eigenvalue weighted by Crippen LogP contribution is 2.25. The highest BCUT2D eigenvalue weighted by molar-refractivity contribution is 5.78. The first-order valence-electron chi connectivity index (χ1n) is 7.35. The molecule has 0 spiro atoms. The number of amides is 1. The lowest BCUT2D eigenvalue weighted by molar-refractivity contribution is -0.122. The molecule has 1 aliphatic rings. The van der Waals surface area contributed by atoms with E-state index < -0.39 is 6.10 Å². The first kappa shape index (κ1) is 15.0. The van der Waals surface area contributed by atoms with E-state index in [1.807, 2.05) is 31.2 Å². The molecule has 0 aromatic heterocycles. The number of carbonyl (C=O) groups is 1. The summed E-state index contributed by atoms with van der Waals surface area (Å²) in [5.41, 5.74) is 1.96. The molecule has 0 heterocycles. The van der Waals surface area contributed by atoms with Gasteiger partial charge in [-0.1, -0.05) is 36.8 Å². The van der Waals surface area contributed by atoms with Gasteiger partial charge in [-0.15, -0.1) is 0 Å². The molecule has 2 rings (SSSR count). The topological polar surface area (TPSA) is 52.6 Å². The lowest BCUT2D eigenvalue weighted by Crippen LogP contribution is -2.39. The number of carbonyl (C=O) groups excluding carboxylic acids is 1. The van der Waals surface area contributed by atoms with Gasteiger partial charge in [0.15, 0.2) is 0 Å². The number of aliphatic hydroxyl groups excluding tert-OH is 1. The van der Waals surface area contributed by atoms with Gasteiger partial charge >= 0.3 is 0 Å². The van der Waals surface area contributed by atoms with Crippen molar-refractivity contribution in [3.05, 3.63) is 35.4 Å². The highest BCUT2D eigenvalue weighted by atomic mass is 16.3. The molecule has 1 aromatic rings. The molecule has 0 aliphatic heterocycles. The van der Waals surface area contributed by atoms with Gasteiger partial charge in [-0.05, 0) is 31.9 Å². The van der Waals surface area contributed by atoms with Crippen LogP contribution in [-0.2, 0) is 4.79 Å². The second-order valence-electron chi connectivity index (χ2n) is 5.53. The Bertz CT molecular complexity index is 458. The van der Waals surface area contributed by atoms with Crippen LogP contribution < -0.4 is 5.32 Å². The van der Waals surface area contributed by atoms with Gasteiger partial charge in [0, 0.05) is 12.6 Å². The van der Waals surface area contributed by atoms with E-state index in [1.54, 1.807) is 0 Å². The number of rotatable bonds is 7. The second kappa shape index (κ2) is 6.86. The van der Waals surface area contributed by atoms with Crippen LogP contribution >= 0.6 is 0 Å². The zero-order chi connectivity index (χ0) is 14.5. The number of nitrogens with one attached hydrogen (secondary N) is 1. The average Bonchev–Trinajstić information content (AvgIpc) is 3.26. The van der Waals surface area contributed by atoms with Crippen molar-refractivity contribution in [2.45, 2.75) is 38.8 Å². The molecular weight excluding hydrogens is 252 g/mol. The third-order valence-electron chi connectivity index (χ3n) is 3.74. The Balaban J connectivity index is 1.77. The van der Waals surface area contributed by atoms with Crippen molar-refractivity contribution in [3.8, 4) is 0 Å². The summed E-state index contributed by atoms with van der Waals surface area (Å²) in [6, 6.07) is 8.32. The SMILES string of the molecule is CCN(CC(=O)NCC(O)c1cccc(C)c1)C1CC1. The molecule has 1 saturated carbocycles. The van der Waals surface area contributed by atoms with Crippen molar-refractivity contribution >= 4 is 5.91 Å². The minimum Gasteiger partial charge on any atom is -0.387 e. The number of hydrogen-bond acceptors (Lipinski definition) is 3. The predicted molar refractivity (Wildman–Crippen MR) is 79.4 cm³/mol. The van der Waals surface area contributed by atoms with E-state index in [4.69, 9.17) is 0 Å². The summed E-state index contributed by atoms with van der Waals surface area (Å²) in [7, 11) is 0. The summed E-state index contributed by atoms with van der Waals surface area (Å²) in [4.78, 5) is 14.1. The Morgan fingerprint density at radius 2 is 2.25 bits per heavy atom. The van der Waals surface area contributed by atoms with Crippen molar-refractivity contribution in [3.63, 3.8) is 0 Å². The molecule has 0 saturated heterocycles. The fourth-order valence-corrected chi connectivity index (χ4v) is 2.38. The highest BCUT2D eigenvalue weighted by Gasteiger charge is 2.28. The minimum absolute atomic E-state index is 0.00884. The molecule has 1 unspecified atom stereocenters. The molecule has 1 fully saturated rings. The van der Waals surface area contributed by atoms with Crippen LogP contribution in [0.15, 0.2) is 24.3 Å². The van der Waals surface area contributed by atoms with Crippen LogP contribution in [0.5, 0.6) is 0 Å². The molecule has 4 nitrogen and oxygen atoms in total. The molecular formula is C16H24N2O2. The van der Waals surface area contributed by atoms with Gasteiger partial charge in [-0.3, -0.25) is 9.69 Å². The molecule has 1 aromatic carbocycles. The normalized spacial score (nSPS) is 16.2. The molecule has 0 radical (unpaired) electrons. The van der Waals surface area contributed by atoms with Crippen molar-refractivity contribution in [1.82, 2.24) is 10.2 Å². The minimum atomic E-state index is -0.644. The van der Waals surface area contributed by atoms with Gasteiger partial charge in [0.1, 0.15) is 0 Å². The van der Waals surface area contributed by atoms with Crippen LogP contribution in [-0.4, -0.2) is 41.6 Å². The van der Waals surface area contributed by atoms with E-state index in [0.29, 0.717) is 12.6 Å². The van der Waals surface area contributed by atoms with Crippen molar-refractivity contribution in [2.75, 3.05) is 19.6 Å². The maximum Gasteiger partial charge on any atom is 0.234 e. The largest absolute Gasteiger partial charge is 0.387 e. The monoisotopic (exact) mass is 276 g/mol. The van der Waals surface area contributed by atoms with E-state index in [0.717, 1.165) is 17.7 Å². The smallest absolute Gasteiger partial charge is 0.234 e. The Hall–Kier alpha value is -1.39. The fraction of sp³-hybridized carbons (Fsp3) is 0.562. The Labute approximate surface area is 120 Å². The number of nitrogens with zero attached hydrogens (tertiary/aromatic N) is 1. The molecule has 4 heteroatoms. The Morgan fingerprint density at radius 1 is 1.50 bits per heavy atom. The summed E-state index contributed by atoms with van der Waals surface area (Å²) in [5.74, 6) is -0.00884. The molecule has 110 valence electrons. The van der Waals surface area contributed by atoms with Crippen molar-refractivity contribution < 1.29 is 9.90 Å². The maximum absolute atomic E-state index is 11.9. The van der Waals surface area contributed by atoms with Crippen LogP contribution in [0.4, 0.5) is 0 Å². The average molecular weight is 276 g/mol. The van der Waals surface area contributed by atoms with Gasteiger partial charge in [-0.25, -0.2) is 0 Å². The van der Waals surface area contributed by atoms with Gasteiger partial charge in [-0.2, -0.15) is 0 Å². The fourth-order valence-electron chi connectivity index (χ4n) is 2.38. The van der Waals surface area contributed by atoms with Gasteiger partial charge in [0.2, 0.25) is 5.91 Å². The summed E-state index contributed by atoms with van der Waals surface area (Å²) in [6.07, 6.45) is 1.76. The summed E-state index contributed by atoms with van der Waals surface area (Å²) in [6.45, 7) is 5.67. The maximum atomic E-state index is 11.9. The summed E-state index contributed by atoms with van der Waals surface area (Å²) >= 11 is 0. The summed E-state index contributed by atoms with van der Waals surface area (Å²) < 4.78 is 0. The van der Waals surface area contributed by atoms with Crippen molar-refractivity contribution in [1.29, 1.82) is 0 Å². The van der Waals surface area contributed by atoms with Crippen LogP contribution in [0.25, 0.3) is 0 Å². The van der Waals surface area contributed by atoms with Gasteiger partial charge in [0.05, 0.1) is 12.6 Å². The third kappa shape index (κ3) is 4.32.